The second-order valence-corrected chi connectivity index (χ2v) is 6.99. The highest BCUT2D eigenvalue weighted by Crippen LogP contribution is 2.27. The molecule has 4 nitrogen and oxygen atoms in total. The zero-order valence-electron chi connectivity index (χ0n) is 12.7. The van der Waals surface area contributed by atoms with E-state index in [1.807, 2.05) is 0 Å². The van der Waals surface area contributed by atoms with Gasteiger partial charge in [0, 0.05) is 37.6 Å². The molecule has 4 heteroatoms. The summed E-state index contributed by atoms with van der Waals surface area (Å²) in [4.78, 5) is 14.1. The predicted molar refractivity (Wildman–Crippen MR) is 80.6 cm³/mol. The van der Waals surface area contributed by atoms with E-state index in [2.05, 4.69) is 22.5 Å². The van der Waals surface area contributed by atoms with Crippen molar-refractivity contribution in [2.45, 2.75) is 70.0 Å². The number of nitrogens with zero attached hydrogens (tertiary/aromatic N) is 1. The first-order valence-electron chi connectivity index (χ1n) is 8.49. The average Bonchev–Trinajstić information content (AvgIpc) is 2.47. The van der Waals surface area contributed by atoms with Crippen molar-refractivity contribution in [3.63, 3.8) is 0 Å². The van der Waals surface area contributed by atoms with Gasteiger partial charge in [0.1, 0.15) is 0 Å². The Hall–Kier alpha value is -0.610. The monoisotopic (exact) mass is 279 g/mol. The Morgan fingerprint density at radius 2 is 2.20 bits per heavy atom. The van der Waals surface area contributed by atoms with E-state index in [0.29, 0.717) is 18.0 Å². The summed E-state index contributed by atoms with van der Waals surface area (Å²) in [5.41, 5.74) is 0. The van der Waals surface area contributed by atoms with Gasteiger partial charge in [0.05, 0.1) is 0 Å². The standard InChI is InChI=1S/C16H29N3O/c1-12(10-14-4-2-3-8-17-14)19-9-7-15-13(11-19)5-6-16(20)18-15/h12-15,17H,2-11H2,1H3,(H,18,20). The molecule has 0 saturated carbocycles. The molecular formula is C16H29N3O. The Balaban J connectivity index is 1.49. The van der Waals surface area contributed by atoms with Crippen LogP contribution in [-0.4, -0.2) is 48.6 Å². The normalized spacial score (nSPS) is 37.0. The second kappa shape index (κ2) is 6.44. The van der Waals surface area contributed by atoms with Gasteiger partial charge >= 0.3 is 0 Å². The maximum atomic E-state index is 11.5. The number of fused-ring (bicyclic) bond motifs is 1. The van der Waals surface area contributed by atoms with Crippen molar-refractivity contribution in [2.75, 3.05) is 19.6 Å². The highest BCUT2D eigenvalue weighted by molar-refractivity contribution is 5.77. The molecule has 3 fully saturated rings. The summed E-state index contributed by atoms with van der Waals surface area (Å²) in [5.74, 6) is 0.947. The van der Waals surface area contributed by atoms with Gasteiger partial charge in [-0.05, 0) is 51.5 Å². The third-order valence-corrected chi connectivity index (χ3v) is 5.52. The maximum Gasteiger partial charge on any atom is 0.220 e. The molecule has 0 aromatic carbocycles. The van der Waals surface area contributed by atoms with Crippen molar-refractivity contribution < 1.29 is 4.79 Å². The summed E-state index contributed by atoms with van der Waals surface area (Å²) in [6.07, 6.45) is 8.32. The van der Waals surface area contributed by atoms with Crippen molar-refractivity contribution >= 4 is 5.91 Å². The van der Waals surface area contributed by atoms with Crippen LogP contribution in [0.1, 0.15) is 51.9 Å². The van der Waals surface area contributed by atoms with Crippen LogP contribution >= 0.6 is 0 Å². The Kier molecular flexibility index (Phi) is 4.61. The zero-order chi connectivity index (χ0) is 13.9. The first-order valence-corrected chi connectivity index (χ1v) is 8.49. The number of likely N-dealkylation sites (tertiary alicyclic amines) is 1. The molecule has 4 unspecified atom stereocenters. The highest BCUT2D eigenvalue weighted by atomic mass is 16.1. The first kappa shape index (κ1) is 14.3. The zero-order valence-corrected chi connectivity index (χ0v) is 12.7. The molecule has 20 heavy (non-hydrogen) atoms. The molecule has 0 spiro atoms. The lowest BCUT2D eigenvalue weighted by Crippen LogP contribution is -2.56. The fraction of sp³-hybridized carbons (Fsp3) is 0.938. The van der Waals surface area contributed by atoms with Crippen LogP contribution in [0.15, 0.2) is 0 Å². The third kappa shape index (κ3) is 3.34. The topological polar surface area (TPSA) is 44.4 Å². The van der Waals surface area contributed by atoms with E-state index in [0.717, 1.165) is 31.8 Å². The van der Waals surface area contributed by atoms with E-state index in [1.54, 1.807) is 0 Å². The van der Waals surface area contributed by atoms with Crippen LogP contribution in [0.2, 0.25) is 0 Å². The van der Waals surface area contributed by atoms with Crippen LogP contribution in [-0.2, 0) is 4.79 Å². The Labute approximate surface area is 122 Å². The summed E-state index contributed by atoms with van der Waals surface area (Å²) >= 11 is 0. The van der Waals surface area contributed by atoms with Crippen molar-refractivity contribution in [1.82, 2.24) is 15.5 Å². The molecule has 3 rings (SSSR count). The Morgan fingerprint density at radius 3 is 3.00 bits per heavy atom. The van der Waals surface area contributed by atoms with Crippen molar-refractivity contribution in [3.05, 3.63) is 0 Å². The van der Waals surface area contributed by atoms with Crippen LogP contribution in [0.3, 0.4) is 0 Å². The minimum atomic E-state index is 0.263. The molecular weight excluding hydrogens is 250 g/mol. The summed E-state index contributed by atoms with van der Waals surface area (Å²) < 4.78 is 0. The molecule has 0 radical (unpaired) electrons. The van der Waals surface area contributed by atoms with Gasteiger partial charge in [-0.1, -0.05) is 6.42 Å². The van der Waals surface area contributed by atoms with E-state index in [4.69, 9.17) is 0 Å². The lowest BCUT2D eigenvalue weighted by Gasteiger charge is -2.44. The van der Waals surface area contributed by atoms with Crippen LogP contribution in [0.25, 0.3) is 0 Å². The van der Waals surface area contributed by atoms with Crippen molar-refractivity contribution in [1.29, 1.82) is 0 Å². The van der Waals surface area contributed by atoms with Crippen molar-refractivity contribution in [3.8, 4) is 0 Å². The lowest BCUT2D eigenvalue weighted by atomic mass is 9.84. The Bertz CT molecular complexity index is 341. The van der Waals surface area contributed by atoms with Gasteiger partial charge in [-0.15, -0.1) is 0 Å². The van der Waals surface area contributed by atoms with E-state index >= 15 is 0 Å². The molecule has 3 saturated heterocycles. The van der Waals surface area contributed by atoms with E-state index in [1.165, 1.54) is 38.8 Å². The molecule has 4 atom stereocenters. The maximum absolute atomic E-state index is 11.5. The van der Waals surface area contributed by atoms with E-state index in [-0.39, 0.29) is 5.91 Å². The molecule has 3 heterocycles. The summed E-state index contributed by atoms with van der Waals surface area (Å²) in [7, 11) is 0. The summed E-state index contributed by atoms with van der Waals surface area (Å²) in [5, 5.41) is 6.85. The van der Waals surface area contributed by atoms with E-state index < -0.39 is 0 Å². The van der Waals surface area contributed by atoms with Crippen LogP contribution in [0.5, 0.6) is 0 Å². The minimum Gasteiger partial charge on any atom is -0.353 e. The molecule has 114 valence electrons. The number of rotatable bonds is 3. The third-order valence-electron chi connectivity index (χ3n) is 5.52. The number of hydrogen-bond donors (Lipinski definition) is 2. The predicted octanol–water partition coefficient (Wildman–Crippen LogP) is 1.51. The number of nitrogens with one attached hydrogen (secondary N) is 2. The highest BCUT2D eigenvalue weighted by Gasteiger charge is 2.35. The molecule has 0 bridgehead atoms. The molecule has 3 aliphatic heterocycles. The fourth-order valence-electron chi connectivity index (χ4n) is 4.22. The molecule has 0 aromatic rings. The second-order valence-electron chi connectivity index (χ2n) is 6.99. The summed E-state index contributed by atoms with van der Waals surface area (Å²) in [6.45, 7) is 5.92. The van der Waals surface area contributed by atoms with Gasteiger partial charge in [-0.25, -0.2) is 0 Å². The molecule has 3 aliphatic rings. The number of carbonyl (C=O) groups is 1. The number of carbonyl (C=O) groups excluding carboxylic acids is 1. The molecule has 2 N–H and O–H groups in total. The first-order chi connectivity index (χ1) is 9.72. The van der Waals surface area contributed by atoms with Gasteiger partial charge in [0.25, 0.3) is 0 Å². The van der Waals surface area contributed by atoms with Gasteiger partial charge < -0.3 is 15.5 Å². The molecule has 0 aliphatic carbocycles. The number of amides is 1. The fourth-order valence-corrected chi connectivity index (χ4v) is 4.22. The molecule has 0 aromatic heterocycles. The van der Waals surface area contributed by atoms with Crippen LogP contribution < -0.4 is 10.6 Å². The molecule has 1 amide bonds. The Morgan fingerprint density at radius 1 is 1.30 bits per heavy atom. The van der Waals surface area contributed by atoms with Gasteiger partial charge in [0.2, 0.25) is 5.91 Å². The van der Waals surface area contributed by atoms with Gasteiger partial charge in [-0.3, -0.25) is 4.79 Å². The number of piperidine rings is 3. The van der Waals surface area contributed by atoms with Gasteiger partial charge in [0.15, 0.2) is 0 Å². The SMILES string of the molecule is CC(CC1CCCCN1)N1CCC2NC(=O)CCC2C1. The minimum absolute atomic E-state index is 0.263. The lowest BCUT2D eigenvalue weighted by molar-refractivity contribution is -0.125. The number of hydrogen-bond acceptors (Lipinski definition) is 3. The smallest absolute Gasteiger partial charge is 0.220 e. The largest absolute Gasteiger partial charge is 0.353 e. The average molecular weight is 279 g/mol. The van der Waals surface area contributed by atoms with Gasteiger partial charge in [-0.2, -0.15) is 0 Å². The summed E-state index contributed by atoms with van der Waals surface area (Å²) in [6, 6.07) is 1.85. The van der Waals surface area contributed by atoms with Crippen molar-refractivity contribution in [2.24, 2.45) is 5.92 Å². The quantitative estimate of drug-likeness (QED) is 0.823. The van der Waals surface area contributed by atoms with E-state index in [9.17, 15) is 4.79 Å². The van der Waals surface area contributed by atoms with Crippen LogP contribution in [0.4, 0.5) is 0 Å². The van der Waals surface area contributed by atoms with Crippen LogP contribution in [0, 0.1) is 5.92 Å².